The molecule has 3 aromatic rings. The molecule has 1 heterocycles. The number of hydrogen-bond donors (Lipinski definition) is 1. The number of carboxylic acids is 1. The Morgan fingerprint density at radius 3 is 1.79 bits per heavy atom. The van der Waals surface area contributed by atoms with E-state index in [1.165, 1.54) is 0 Å². The summed E-state index contributed by atoms with van der Waals surface area (Å²) in [6, 6.07) is 15.9. The summed E-state index contributed by atoms with van der Waals surface area (Å²) < 4.78 is 1.90. The Balaban J connectivity index is 2.54. The molecule has 0 saturated carbocycles. The lowest BCUT2D eigenvalue weighted by Gasteiger charge is -2.24. The van der Waals surface area contributed by atoms with Crippen LogP contribution in [-0.4, -0.2) is 15.6 Å². The maximum Gasteiger partial charge on any atom is 0.329 e. The molecule has 0 aliphatic carbocycles. The van der Waals surface area contributed by atoms with Gasteiger partial charge in [0.15, 0.2) is 0 Å². The Morgan fingerprint density at radius 1 is 0.947 bits per heavy atom. The molecule has 3 rings (SSSR count). The Kier molecular flexibility index (Phi) is 2.39. The Bertz CT molecular complexity index is 730. The van der Waals surface area contributed by atoms with E-state index in [1.54, 1.807) is 13.8 Å². The second-order valence-electron chi connectivity index (χ2n) is 5.23. The van der Waals surface area contributed by atoms with E-state index in [1.807, 2.05) is 53.1 Å². The molecule has 3 heteroatoms. The highest BCUT2D eigenvalue weighted by Gasteiger charge is 2.32. The van der Waals surface area contributed by atoms with Crippen molar-refractivity contribution in [2.75, 3.05) is 0 Å². The van der Waals surface area contributed by atoms with Crippen molar-refractivity contribution in [2.45, 2.75) is 19.4 Å². The van der Waals surface area contributed by atoms with Crippen LogP contribution < -0.4 is 0 Å². The number of aromatic nitrogens is 1. The van der Waals surface area contributed by atoms with Gasteiger partial charge in [-0.15, -0.1) is 0 Å². The molecule has 0 spiro atoms. The standard InChI is InChI=1S/C16H15NO2/c1-16(2,15(18)19)17-13-9-5-3-7-11(13)12-8-4-6-10-14(12)17/h3-10H,1-2H3,(H,18,19). The third-order valence-corrected chi connectivity index (χ3v) is 3.66. The molecule has 0 unspecified atom stereocenters. The molecule has 0 radical (unpaired) electrons. The maximum atomic E-state index is 11.6. The van der Waals surface area contributed by atoms with Crippen LogP contribution in [0.3, 0.4) is 0 Å². The quantitative estimate of drug-likeness (QED) is 0.758. The van der Waals surface area contributed by atoms with Crippen molar-refractivity contribution in [1.29, 1.82) is 0 Å². The molecule has 1 N–H and O–H groups in total. The Hall–Kier alpha value is -2.29. The molecule has 0 saturated heterocycles. The summed E-state index contributed by atoms with van der Waals surface area (Å²) in [6.45, 7) is 3.46. The van der Waals surface area contributed by atoms with Crippen LogP contribution in [0.25, 0.3) is 21.8 Å². The van der Waals surface area contributed by atoms with Crippen LogP contribution in [-0.2, 0) is 10.3 Å². The fourth-order valence-electron chi connectivity index (χ4n) is 2.62. The van der Waals surface area contributed by atoms with Crippen molar-refractivity contribution >= 4 is 27.8 Å². The second kappa shape index (κ2) is 3.85. The molecule has 3 nitrogen and oxygen atoms in total. The number of hydrogen-bond acceptors (Lipinski definition) is 1. The predicted molar refractivity (Wildman–Crippen MR) is 76.4 cm³/mol. The molecule has 0 atom stereocenters. The first-order valence-corrected chi connectivity index (χ1v) is 6.25. The number of fused-ring (bicyclic) bond motifs is 3. The van der Waals surface area contributed by atoms with Crippen LogP contribution in [0.4, 0.5) is 0 Å². The van der Waals surface area contributed by atoms with E-state index in [2.05, 4.69) is 0 Å². The summed E-state index contributed by atoms with van der Waals surface area (Å²) in [7, 11) is 0. The first-order chi connectivity index (χ1) is 9.03. The third kappa shape index (κ3) is 1.55. The van der Waals surface area contributed by atoms with E-state index >= 15 is 0 Å². The molecule has 0 fully saturated rings. The molecule has 0 amide bonds. The van der Waals surface area contributed by atoms with Crippen molar-refractivity contribution in [1.82, 2.24) is 4.57 Å². The molecular weight excluding hydrogens is 238 g/mol. The van der Waals surface area contributed by atoms with E-state index in [-0.39, 0.29) is 0 Å². The molecule has 19 heavy (non-hydrogen) atoms. The van der Waals surface area contributed by atoms with E-state index in [0.717, 1.165) is 21.8 Å². The van der Waals surface area contributed by atoms with Gasteiger partial charge in [0.25, 0.3) is 0 Å². The zero-order chi connectivity index (χ0) is 13.6. The predicted octanol–water partition coefficient (Wildman–Crippen LogP) is 3.61. The van der Waals surface area contributed by atoms with E-state index in [9.17, 15) is 9.90 Å². The lowest BCUT2D eigenvalue weighted by atomic mass is 10.1. The van der Waals surface area contributed by atoms with Crippen LogP contribution in [0, 0.1) is 0 Å². The highest BCUT2D eigenvalue weighted by Crippen LogP contribution is 2.33. The van der Waals surface area contributed by atoms with Crippen molar-refractivity contribution in [3.8, 4) is 0 Å². The summed E-state index contributed by atoms with van der Waals surface area (Å²) in [5.41, 5.74) is 0.926. The monoisotopic (exact) mass is 253 g/mol. The fourth-order valence-corrected chi connectivity index (χ4v) is 2.62. The average molecular weight is 253 g/mol. The zero-order valence-electron chi connectivity index (χ0n) is 10.9. The minimum Gasteiger partial charge on any atom is -0.480 e. The fraction of sp³-hybridized carbons (Fsp3) is 0.188. The first-order valence-electron chi connectivity index (χ1n) is 6.25. The van der Waals surface area contributed by atoms with Gasteiger partial charge in [-0.2, -0.15) is 0 Å². The van der Waals surface area contributed by atoms with Gasteiger partial charge in [0.05, 0.1) is 11.0 Å². The molecule has 1 aromatic heterocycles. The Morgan fingerprint density at radius 2 is 1.37 bits per heavy atom. The molecule has 0 bridgehead atoms. The molecule has 0 aliphatic heterocycles. The minimum absolute atomic E-state index is 0.834. The number of rotatable bonds is 2. The van der Waals surface area contributed by atoms with Gasteiger partial charge in [-0.3, -0.25) is 0 Å². The highest BCUT2D eigenvalue weighted by molar-refractivity contribution is 6.09. The van der Waals surface area contributed by atoms with Gasteiger partial charge >= 0.3 is 5.97 Å². The summed E-state index contributed by atoms with van der Waals surface area (Å²) in [4.78, 5) is 11.6. The lowest BCUT2D eigenvalue weighted by Crippen LogP contribution is -2.35. The molecule has 96 valence electrons. The number of para-hydroxylation sites is 2. The van der Waals surface area contributed by atoms with Gasteiger partial charge in [0.2, 0.25) is 0 Å². The maximum absolute atomic E-state index is 11.6. The smallest absolute Gasteiger partial charge is 0.329 e. The lowest BCUT2D eigenvalue weighted by molar-refractivity contribution is -0.145. The molecular formula is C16H15NO2. The largest absolute Gasteiger partial charge is 0.480 e. The van der Waals surface area contributed by atoms with Crippen molar-refractivity contribution in [2.24, 2.45) is 0 Å². The van der Waals surface area contributed by atoms with Gasteiger partial charge in [-0.1, -0.05) is 36.4 Å². The van der Waals surface area contributed by atoms with E-state index in [0.29, 0.717) is 0 Å². The number of carbonyl (C=O) groups is 1. The van der Waals surface area contributed by atoms with Gasteiger partial charge in [0.1, 0.15) is 5.54 Å². The van der Waals surface area contributed by atoms with Crippen molar-refractivity contribution in [3.63, 3.8) is 0 Å². The van der Waals surface area contributed by atoms with Gasteiger partial charge < -0.3 is 9.67 Å². The molecule has 0 aliphatic rings. The van der Waals surface area contributed by atoms with Crippen LogP contribution in [0.15, 0.2) is 48.5 Å². The van der Waals surface area contributed by atoms with Gasteiger partial charge in [0, 0.05) is 10.8 Å². The zero-order valence-corrected chi connectivity index (χ0v) is 10.9. The van der Waals surface area contributed by atoms with Crippen LogP contribution in [0.5, 0.6) is 0 Å². The molecule has 2 aromatic carbocycles. The summed E-state index contributed by atoms with van der Waals surface area (Å²) in [6.07, 6.45) is 0. The number of benzene rings is 2. The average Bonchev–Trinajstić information content (AvgIpc) is 2.73. The van der Waals surface area contributed by atoms with Crippen LogP contribution in [0.2, 0.25) is 0 Å². The third-order valence-electron chi connectivity index (χ3n) is 3.66. The first kappa shape index (κ1) is 11.8. The van der Waals surface area contributed by atoms with Gasteiger partial charge in [-0.05, 0) is 26.0 Å². The second-order valence-corrected chi connectivity index (χ2v) is 5.23. The Labute approximate surface area is 111 Å². The van der Waals surface area contributed by atoms with Crippen LogP contribution >= 0.6 is 0 Å². The number of nitrogens with zero attached hydrogens (tertiary/aromatic N) is 1. The number of carboxylic acid groups (broad SMARTS) is 1. The summed E-state index contributed by atoms with van der Waals surface area (Å²) in [5.74, 6) is -0.834. The SMILES string of the molecule is CC(C)(C(=O)O)n1c2ccccc2c2ccccc21. The normalized spacial score (nSPS) is 12.1. The van der Waals surface area contributed by atoms with Crippen molar-refractivity contribution < 1.29 is 9.90 Å². The summed E-state index contributed by atoms with van der Waals surface area (Å²) >= 11 is 0. The minimum atomic E-state index is -0.983. The van der Waals surface area contributed by atoms with E-state index < -0.39 is 11.5 Å². The van der Waals surface area contributed by atoms with Crippen molar-refractivity contribution in [3.05, 3.63) is 48.5 Å². The van der Waals surface area contributed by atoms with Gasteiger partial charge in [-0.25, -0.2) is 4.79 Å². The van der Waals surface area contributed by atoms with Crippen LogP contribution in [0.1, 0.15) is 13.8 Å². The highest BCUT2D eigenvalue weighted by atomic mass is 16.4. The van der Waals surface area contributed by atoms with E-state index in [4.69, 9.17) is 0 Å². The topological polar surface area (TPSA) is 42.2 Å². The number of aliphatic carboxylic acids is 1. The summed E-state index contributed by atoms with van der Waals surface area (Å²) in [5, 5.41) is 11.7.